The Kier molecular flexibility index (Phi) is 5.56. The molecule has 5 heteroatoms. The highest BCUT2D eigenvalue weighted by molar-refractivity contribution is 5.92. The molecule has 5 nitrogen and oxygen atoms in total. The van der Waals surface area contributed by atoms with Crippen molar-refractivity contribution in [1.82, 2.24) is 15.2 Å². The number of hydrogen-bond donors (Lipinski definition) is 1. The second-order valence-electron chi connectivity index (χ2n) is 5.61. The Labute approximate surface area is 127 Å². The van der Waals surface area contributed by atoms with Gasteiger partial charge in [0.25, 0.3) is 5.91 Å². The Bertz CT molecular complexity index is 452. The Morgan fingerprint density at radius 2 is 2.00 bits per heavy atom. The summed E-state index contributed by atoms with van der Waals surface area (Å²) in [6.07, 6.45) is 2.73. The summed E-state index contributed by atoms with van der Waals surface area (Å²) in [7, 11) is 0. The maximum absolute atomic E-state index is 12.0. The van der Waals surface area contributed by atoms with Gasteiger partial charge in [-0.15, -0.1) is 0 Å². The number of anilines is 1. The molecule has 1 saturated heterocycles. The minimum Gasteiger partial charge on any atom is -0.368 e. The molecule has 0 saturated carbocycles. The topological polar surface area (TPSA) is 48.5 Å². The van der Waals surface area contributed by atoms with Crippen molar-refractivity contribution in [2.75, 3.05) is 37.6 Å². The third-order valence-corrected chi connectivity index (χ3v) is 4.16. The van der Waals surface area contributed by atoms with Gasteiger partial charge in [-0.2, -0.15) is 0 Å². The molecule has 1 atom stereocenters. The average molecular weight is 290 g/mol. The Hall–Kier alpha value is -1.62. The molecule has 1 fully saturated rings. The van der Waals surface area contributed by atoms with Gasteiger partial charge in [0.05, 0.1) is 11.9 Å². The van der Waals surface area contributed by atoms with Gasteiger partial charge >= 0.3 is 0 Å². The van der Waals surface area contributed by atoms with E-state index in [-0.39, 0.29) is 11.9 Å². The molecule has 0 aliphatic carbocycles. The highest BCUT2D eigenvalue weighted by Gasteiger charge is 2.17. The van der Waals surface area contributed by atoms with E-state index < -0.39 is 0 Å². The van der Waals surface area contributed by atoms with Crippen LogP contribution in [0.15, 0.2) is 18.3 Å². The molecule has 2 rings (SSSR count). The Morgan fingerprint density at radius 1 is 1.29 bits per heavy atom. The van der Waals surface area contributed by atoms with E-state index in [0.29, 0.717) is 5.69 Å². The highest BCUT2D eigenvalue weighted by atomic mass is 16.1. The number of aromatic nitrogens is 1. The molecule has 1 amide bonds. The second-order valence-corrected chi connectivity index (χ2v) is 5.61. The van der Waals surface area contributed by atoms with Gasteiger partial charge in [0.2, 0.25) is 0 Å². The van der Waals surface area contributed by atoms with E-state index in [1.165, 1.54) is 0 Å². The van der Waals surface area contributed by atoms with Gasteiger partial charge in [-0.3, -0.25) is 4.79 Å². The zero-order chi connectivity index (χ0) is 15.2. The molecule has 0 radical (unpaired) electrons. The predicted octanol–water partition coefficient (Wildman–Crippen LogP) is 1.75. The van der Waals surface area contributed by atoms with Crippen LogP contribution in [0.25, 0.3) is 0 Å². The first-order valence-electron chi connectivity index (χ1n) is 7.88. The van der Waals surface area contributed by atoms with Crippen molar-refractivity contribution >= 4 is 11.6 Å². The molecular formula is C16H26N4O. The summed E-state index contributed by atoms with van der Waals surface area (Å²) in [6, 6.07) is 4.00. The summed E-state index contributed by atoms with van der Waals surface area (Å²) in [4.78, 5) is 21.1. The summed E-state index contributed by atoms with van der Waals surface area (Å²) >= 11 is 0. The minimum atomic E-state index is -0.0910. The number of nitrogens with zero attached hydrogens (tertiary/aromatic N) is 3. The van der Waals surface area contributed by atoms with Crippen LogP contribution in [0, 0.1) is 0 Å². The lowest BCUT2D eigenvalue weighted by Gasteiger charge is -2.35. The van der Waals surface area contributed by atoms with Crippen LogP contribution < -0.4 is 10.2 Å². The second kappa shape index (κ2) is 7.41. The van der Waals surface area contributed by atoms with Gasteiger partial charge < -0.3 is 15.1 Å². The van der Waals surface area contributed by atoms with Crippen molar-refractivity contribution in [3.05, 3.63) is 24.0 Å². The predicted molar refractivity (Wildman–Crippen MR) is 85.8 cm³/mol. The van der Waals surface area contributed by atoms with Crippen LogP contribution in [0.5, 0.6) is 0 Å². The van der Waals surface area contributed by atoms with Crippen LogP contribution in [0.3, 0.4) is 0 Å². The normalized spacial score (nSPS) is 17.6. The van der Waals surface area contributed by atoms with E-state index in [1.54, 1.807) is 0 Å². The molecule has 1 aliphatic rings. The van der Waals surface area contributed by atoms with E-state index in [4.69, 9.17) is 0 Å². The smallest absolute Gasteiger partial charge is 0.270 e. The van der Waals surface area contributed by atoms with E-state index in [0.717, 1.165) is 44.8 Å². The number of carbonyl (C=O) groups is 1. The summed E-state index contributed by atoms with van der Waals surface area (Å²) in [5, 5.41) is 2.94. The minimum absolute atomic E-state index is 0.0910. The number of nitrogens with one attached hydrogen (secondary N) is 1. The van der Waals surface area contributed by atoms with Crippen molar-refractivity contribution in [3.8, 4) is 0 Å². The van der Waals surface area contributed by atoms with Crippen LogP contribution in [-0.2, 0) is 0 Å². The number of hydrogen-bond acceptors (Lipinski definition) is 4. The zero-order valence-electron chi connectivity index (χ0n) is 13.3. The van der Waals surface area contributed by atoms with Gasteiger partial charge in [-0.1, -0.05) is 13.8 Å². The quantitative estimate of drug-likeness (QED) is 0.897. The van der Waals surface area contributed by atoms with Crippen LogP contribution in [-0.4, -0.2) is 54.6 Å². The first-order chi connectivity index (χ1) is 10.1. The van der Waals surface area contributed by atoms with Gasteiger partial charge in [0.15, 0.2) is 0 Å². The lowest BCUT2D eigenvalue weighted by molar-refractivity contribution is 0.0934. The lowest BCUT2D eigenvalue weighted by atomic mass is 10.2. The molecule has 1 N–H and O–H groups in total. The van der Waals surface area contributed by atoms with E-state index in [2.05, 4.69) is 33.9 Å². The number of amides is 1. The van der Waals surface area contributed by atoms with Gasteiger partial charge in [-0.25, -0.2) is 4.98 Å². The van der Waals surface area contributed by atoms with Crippen LogP contribution in [0.4, 0.5) is 5.69 Å². The maximum Gasteiger partial charge on any atom is 0.270 e. The molecule has 21 heavy (non-hydrogen) atoms. The van der Waals surface area contributed by atoms with Gasteiger partial charge in [-0.05, 0) is 32.0 Å². The lowest BCUT2D eigenvalue weighted by Crippen LogP contribution is -2.46. The van der Waals surface area contributed by atoms with Crippen molar-refractivity contribution in [2.24, 2.45) is 0 Å². The summed E-state index contributed by atoms with van der Waals surface area (Å²) in [5.74, 6) is -0.0910. The van der Waals surface area contributed by atoms with Crippen LogP contribution in [0.1, 0.15) is 37.7 Å². The van der Waals surface area contributed by atoms with Crippen molar-refractivity contribution in [2.45, 2.75) is 33.2 Å². The van der Waals surface area contributed by atoms with E-state index in [9.17, 15) is 4.79 Å². The van der Waals surface area contributed by atoms with E-state index in [1.807, 2.05) is 25.3 Å². The zero-order valence-corrected chi connectivity index (χ0v) is 13.3. The SMILES string of the molecule is CCC(C)NC(=O)c1ccc(N2CCN(CC)CC2)cn1. The third kappa shape index (κ3) is 4.17. The maximum atomic E-state index is 12.0. The molecular weight excluding hydrogens is 264 g/mol. The average Bonchev–Trinajstić information content (AvgIpc) is 2.55. The molecule has 0 aromatic carbocycles. The summed E-state index contributed by atoms with van der Waals surface area (Å²) < 4.78 is 0. The number of pyridine rings is 1. The first-order valence-corrected chi connectivity index (χ1v) is 7.88. The molecule has 2 heterocycles. The van der Waals surface area contributed by atoms with Crippen molar-refractivity contribution in [3.63, 3.8) is 0 Å². The van der Waals surface area contributed by atoms with Crippen LogP contribution >= 0.6 is 0 Å². The number of carbonyl (C=O) groups excluding carboxylic acids is 1. The van der Waals surface area contributed by atoms with E-state index >= 15 is 0 Å². The molecule has 1 aromatic rings. The van der Waals surface area contributed by atoms with Gasteiger partial charge in [0, 0.05) is 32.2 Å². The molecule has 116 valence electrons. The fourth-order valence-corrected chi connectivity index (χ4v) is 2.43. The molecule has 1 aromatic heterocycles. The standard InChI is InChI=1S/C16H26N4O/c1-4-13(3)18-16(21)15-7-6-14(12-17-15)20-10-8-19(5-2)9-11-20/h6-7,12-13H,4-5,8-11H2,1-3H3,(H,18,21). The van der Waals surface area contributed by atoms with Gasteiger partial charge in [0.1, 0.15) is 5.69 Å². The van der Waals surface area contributed by atoms with Crippen molar-refractivity contribution < 1.29 is 4.79 Å². The molecule has 0 spiro atoms. The van der Waals surface area contributed by atoms with Crippen LogP contribution in [0.2, 0.25) is 0 Å². The number of likely N-dealkylation sites (N-methyl/N-ethyl adjacent to an activating group) is 1. The summed E-state index contributed by atoms with van der Waals surface area (Å²) in [5.41, 5.74) is 1.59. The first kappa shape index (κ1) is 15.8. The molecule has 1 unspecified atom stereocenters. The Morgan fingerprint density at radius 3 is 2.52 bits per heavy atom. The van der Waals surface area contributed by atoms with Crippen molar-refractivity contribution in [1.29, 1.82) is 0 Å². The Balaban J connectivity index is 1.94. The largest absolute Gasteiger partial charge is 0.368 e. The fraction of sp³-hybridized carbons (Fsp3) is 0.625. The number of piperazine rings is 1. The summed E-state index contributed by atoms with van der Waals surface area (Å²) in [6.45, 7) is 11.6. The monoisotopic (exact) mass is 290 g/mol. The highest BCUT2D eigenvalue weighted by Crippen LogP contribution is 2.15. The third-order valence-electron chi connectivity index (χ3n) is 4.16. The number of rotatable bonds is 5. The molecule has 1 aliphatic heterocycles. The molecule has 0 bridgehead atoms. The fourth-order valence-electron chi connectivity index (χ4n) is 2.43.